The Morgan fingerprint density at radius 2 is 1.56 bits per heavy atom. The highest BCUT2D eigenvalue weighted by atomic mass is 79.9. The summed E-state index contributed by atoms with van der Waals surface area (Å²) in [5.74, 6) is 0.158. The minimum Gasteiger partial charge on any atom is -0.489 e. The number of carbonyl (C=O) groups excluding carboxylic acids is 2. The molecular formula is C20H21BrO4. The Bertz CT molecular complexity index is 728. The molecule has 2 aromatic carbocycles. The number of benzene rings is 2. The van der Waals surface area contributed by atoms with Gasteiger partial charge in [0, 0.05) is 9.89 Å². The first-order valence-corrected chi connectivity index (χ1v) is 8.73. The van der Waals surface area contributed by atoms with Crippen LogP contribution in [0.2, 0.25) is 0 Å². The van der Waals surface area contributed by atoms with E-state index in [1.807, 2.05) is 24.3 Å². The first-order chi connectivity index (χ1) is 11.8. The molecule has 2 aromatic rings. The standard InChI is InChI=1S/C20H21BrO4/c1-20(2,3)18(22)13-25-19(23)15-6-4-14(5-7-15)12-24-17-10-8-16(21)9-11-17/h4-11H,12-13H2,1-3H3. The Hall–Kier alpha value is -2.14. The summed E-state index contributed by atoms with van der Waals surface area (Å²) in [5.41, 5.74) is 0.827. The molecule has 0 bridgehead atoms. The minimum atomic E-state index is -0.519. The van der Waals surface area contributed by atoms with Gasteiger partial charge in [-0.15, -0.1) is 0 Å². The second-order valence-corrected chi connectivity index (χ2v) is 7.60. The lowest BCUT2D eigenvalue weighted by Gasteiger charge is -2.16. The SMILES string of the molecule is CC(C)(C)C(=O)COC(=O)c1ccc(COc2ccc(Br)cc2)cc1. The molecule has 0 heterocycles. The highest BCUT2D eigenvalue weighted by molar-refractivity contribution is 9.10. The van der Waals surface area contributed by atoms with Crippen molar-refractivity contribution in [2.75, 3.05) is 6.61 Å². The van der Waals surface area contributed by atoms with Crippen molar-refractivity contribution >= 4 is 27.7 Å². The summed E-state index contributed by atoms with van der Waals surface area (Å²) >= 11 is 3.37. The summed E-state index contributed by atoms with van der Waals surface area (Å²) in [7, 11) is 0. The van der Waals surface area contributed by atoms with Crippen molar-refractivity contribution in [3.05, 3.63) is 64.1 Å². The van der Waals surface area contributed by atoms with Crippen molar-refractivity contribution < 1.29 is 19.1 Å². The summed E-state index contributed by atoms with van der Waals surface area (Å²) in [6.45, 7) is 5.58. The molecule has 0 aromatic heterocycles. The van der Waals surface area contributed by atoms with Gasteiger partial charge in [0.2, 0.25) is 0 Å². The normalized spacial score (nSPS) is 11.0. The summed E-state index contributed by atoms with van der Waals surface area (Å²) in [4.78, 5) is 23.8. The molecule has 0 radical (unpaired) electrons. The van der Waals surface area contributed by atoms with Gasteiger partial charge >= 0.3 is 5.97 Å². The highest BCUT2D eigenvalue weighted by Crippen LogP contribution is 2.18. The van der Waals surface area contributed by atoms with Crippen molar-refractivity contribution in [3.63, 3.8) is 0 Å². The molecule has 0 N–H and O–H groups in total. The molecule has 0 spiro atoms. The fourth-order valence-electron chi connectivity index (χ4n) is 1.87. The minimum absolute atomic E-state index is 0.111. The van der Waals surface area contributed by atoms with Gasteiger partial charge in [-0.3, -0.25) is 4.79 Å². The molecule has 4 nitrogen and oxygen atoms in total. The fourth-order valence-corrected chi connectivity index (χ4v) is 2.13. The molecule has 0 fully saturated rings. The molecule has 0 unspecified atom stereocenters. The zero-order valence-corrected chi connectivity index (χ0v) is 16.1. The molecular weight excluding hydrogens is 384 g/mol. The second-order valence-electron chi connectivity index (χ2n) is 6.69. The molecule has 25 heavy (non-hydrogen) atoms. The zero-order chi connectivity index (χ0) is 18.4. The van der Waals surface area contributed by atoms with E-state index in [-0.39, 0.29) is 12.4 Å². The molecule has 5 heteroatoms. The topological polar surface area (TPSA) is 52.6 Å². The van der Waals surface area contributed by atoms with Crippen molar-refractivity contribution in [2.24, 2.45) is 5.41 Å². The number of halogens is 1. The third kappa shape index (κ3) is 6.02. The third-order valence-electron chi connectivity index (χ3n) is 3.58. The number of hydrogen-bond donors (Lipinski definition) is 0. The fraction of sp³-hybridized carbons (Fsp3) is 0.300. The Morgan fingerprint density at radius 3 is 2.12 bits per heavy atom. The molecule has 132 valence electrons. The molecule has 2 rings (SSSR count). The van der Waals surface area contributed by atoms with Crippen LogP contribution in [0.25, 0.3) is 0 Å². The van der Waals surface area contributed by atoms with Gasteiger partial charge in [0.25, 0.3) is 0 Å². The molecule has 0 atom stereocenters. The molecule has 0 amide bonds. The summed E-state index contributed by atoms with van der Waals surface area (Å²) in [5, 5.41) is 0. The van der Waals surface area contributed by atoms with Crippen molar-refractivity contribution in [1.82, 2.24) is 0 Å². The summed E-state index contributed by atoms with van der Waals surface area (Å²) in [6.07, 6.45) is 0. The van der Waals surface area contributed by atoms with E-state index in [1.54, 1.807) is 45.0 Å². The van der Waals surface area contributed by atoms with Crippen LogP contribution >= 0.6 is 15.9 Å². The van der Waals surface area contributed by atoms with Gasteiger partial charge in [0.05, 0.1) is 5.56 Å². The Kier molecular flexibility index (Phi) is 6.37. The van der Waals surface area contributed by atoms with Crippen LogP contribution in [0, 0.1) is 5.41 Å². The van der Waals surface area contributed by atoms with E-state index in [4.69, 9.17) is 9.47 Å². The van der Waals surface area contributed by atoms with E-state index in [0.717, 1.165) is 15.8 Å². The number of Topliss-reactive ketones (excluding diaryl/α,β-unsaturated/α-hetero) is 1. The quantitative estimate of drug-likeness (QED) is 0.648. The first kappa shape index (κ1) is 19.2. The second kappa shape index (κ2) is 8.30. The lowest BCUT2D eigenvalue weighted by molar-refractivity contribution is -0.129. The average Bonchev–Trinajstić information content (AvgIpc) is 2.58. The smallest absolute Gasteiger partial charge is 0.338 e. The monoisotopic (exact) mass is 404 g/mol. The number of carbonyl (C=O) groups is 2. The predicted molar refractivity (Wildman–Crippen MR) is 99.7 cm³/mol. The maximum atomic E-state index is 12.0. The first-order valence-electron chi connectivity index (χ1n) is 7.93. The van der Waals surface area contributed by atoms with Crippen molar-refractivity contribution in [2.45, 2.75) is 27.4 Å². The van der Waals surface area contributed by atoms with Crippen LogP contribution in [-0.4, -0.2) is 18.4 Å². The lowest BCUT2D eigenvalue weighted by atomic mass is 9.91. The van der Waals surface area contributed by atoms with Gasteiger partial charge in [-0.1, -0.05) is 48.8 Å². The maximum Gasteiger partial charge on any atom is 0.338 e. The van der Waals surface area contributed by atoms with Crippen LogP contribution in [-0.2, 0) is 16.1 Å². The largest absolute Gasteiger partial charge is 0.489 e. The van der Waals surface area contributed by atoms with Gasteiger partial charge in [-0.2, -0.15) is 0 Å². The average molecular weight is 405 g/mol. The van der Waals surface area contributed by atoms with E-state index in [9.17, 15) is 9.59 Å². The Labute approximate surface area is 156 Å². The summed E-state index contributed by atoms with van der Waals surface area (Å²) < 4.78 is 11.7. The van der Waals surface area contributed by atoms with Crippen LogP contribution in [0.15, 0.2) is 53.0 Å². The van der Waals surface area contributed by atoms with E-state index < -0.39 is 11.4 Å². The van der Waals surface area contributed by atoms with Gasteiger partial charge in [-0.05, 0) is 42.0 Å². The Balaban J connectivity index is 1.87. The van der Waals surface area contributed by atoms with Crippen LogP contribution in [0.1, 0.15) is 36.7 Å². The maximum absolute atomic E-state index is 12.0. The molecule has 0 saturated heterocycles. The third-order valence-corrected chi connectivity index (χ3v) is 4.11. The number of rotatable bonds is 6. The Morgan fingerprint density at radius 1 is 0.960 bits per heavy atom. The number of esters is 1. The van der Waals surface area contributed by atoms with Crippen LogP contribution in [0.3, 0.4) is 0 Å². The highest BCUT2D eigenvalue weighted by Gasteiger charge is 2.22. The van der Waals surface area contributed by atoms with Crippen LogP contribution < -0.4 is 4.74 Å². The van der Waals surface area contributed by atoms with E-state index in [1.165, 1.54) is 0 Å². The van der Waals surface area contributed by atoms with Gasteiger partial charge in [0.15, 0.2) is 12.4 Å². The summed E-state index contributed by atoms with van der Waals surface area (Å²) in [6, 6.07) is 14.5. The predicted octanol–water partition coefficient (Wildman–Crippen LogP) is 4.80. The molecule has 0 aliphatic rings. The number of ether oxygens (including phenoxy) is 2. The van der Waals surface area contributed by atoms with E-state index in [2.05, 4.69) is 15.9 Å². The van der Waals surface area contributed by atoms with Gasteiger partial charge in [0.1, 0.15) is 12.4 Å². The van der Waals surface area contributed by atoms with Crippen LogP contribution in [0.4, 0.5) is 0 Å². The molecule has 0 saturated carbocycles. The number of hydrogen-bond acceptors (Lipinski definition) is 4. The van der Waals surface area contributed by atoms with Gasteiger partial charge < -0.3 is 9.47 Å². The molecule has 0 aliphatic carbocycles. The molecule has 0 aliphatic heterocycles. The van der Waals surface area contributed by atoms with E-state index >= 15 is 0 Å². The van der Waals surface area contributed by atoms with Gasteiger partial charge in [-0.25, -0.2) is 4.79 Å². The van der Waals surface area contributed by atoms with Crippen LogP contribution in [0.5, 0.6) is 5.75 Å². The van der Waals surface area contributed by atoms with Crippen molar-refractivity contribution in [3.8, 4) is 5.75 Å². The number of ketones is 1. The lowest BCUT2D eigenvalue weighted by Crippen LogP contribution is -2.26. The van der Waals surface area contributed by atoms with E-state index in [0.29, 0.717) is 12.2 Å². The van der Waals surface area contributed by atoms with Crippen molar-refractivity contribution in [1.29, 1.82) is 0 Å². The zero-order valence-electron chi connectivity index (χ0n) is 14.5.